The van der Waals surface area contributed by atoms with Gasteiger partial charge in [0.15, 0.2) is 0 Å². The van der Waals surface area contributed by atoms with Crippen LogP contribution in [0.3, 0.4) is 0 Å². The second-order valence-electron chi connectivity index (χ2n) is 5.02. The average molecular weight is 278 g/mol. The molecule has 1 N–H and O–H groups in total. The molecule has 0 bridgehead atoms. The van der Waals surface area contributed by atoms with E-state index in [1.54, 1.807) is 12.1 Å². The molecule has 1 aliphatic rings. The quantitative estimate of drug-likeness (QED) is 0.917. The van der Waals surface area contributed by atoms with E-state index in [4.69, 9.17) is 0 Å². The molecule has 19 heavy (non-hydrogen) atoms. The molecular formula is C15H18O3S. The van der Waals surface area contributed by atoms with Gasteiger partial charge in [-0.15, -0.1) is 0 Å². The van der Waals surface area contributed by atoms with Gasteiger partial charge in [-0.2, -0.15) is 0 Å². The lowest BCUT2D eigenvalue weighted by Gasteiger charge is -2.13. The van der Waals surface area contributed by atoms with Crippen LogP contribution in [0.25, 0.3) is 0 Å². The molecular weight excluding hydrogens is 260 g/mol. The summed E-state index contributed by atoms with van der Waals surface area (Å²) in [5.41, 5.74) is 1.12. The summed E-state index contributed by atoms with van der Waals surface area (Å²) in [5.74, 6) is 0.611. The Labute approximate surface area is 114 Å². The molecule has 0 saturated carbocycles. The third kappa shape index (κ3) is 2.89. The number of rotatable bonds is 3. The summed E-state index contributed by atoms with van der Waals surface area (Å²) < 4.78 is 24.8. The topological polar surface area (TPSA) is 54.4 Å². The highest BCUT2D eigenvalue weighted by atomic mass is 32.2. The first-order valence-corrected chi connectivity index (χ1v) is 7.83. The molecule has 0 unspecified atom stereocenters. The van der Waals surface area contributed by atoms with Gasteiger partial charge in [0, 0.05) is 11.3 Å². The van der Waals surface area contributed by atoms with Crippen LogP contribution < -0.4 is 0 Å². The van der Waals surface area contributed by atoms with E-state index >= 15 is 0 Å². The van der Waals surface area contributed by atoms with Gasteiger partial charge in [0.25, 0.3) is 0 Å². The first-order valence-electron chi connectivity index (χ1n) is 6.35. The van der Waals surface area contributed by atoms with Crippen LogP contribution in [-0.2, 0) is 9.84 Å². The SMILES string of the molecule is CC(C)c1ccc(S(=O)(=O)C2=CC=C(O)CC2)cc1. The van der Waals surface area contributed by atoms with E-state index in [1.165, 1.54) is 12.2 Å². The lowest BCUT2D eigenvalue weighted by molar-refractivity contribution is 0.387. The van der Waals surface area contributed by atoms with Crippen LogP contribution in [0.4, 0.5) is 0 Å². The lowest BCUT2D eigenvalue weighted by atomic mass is 10.0. The summed E-state index contributed by atoms with van der Waals surface area (Å²) in [4.78, 5) is 0.681. The van der Waals surface area contributed by atoms with Crippen LogP contribution in [0.1, 0.15) is 38.2 Å². The zero-order valence-electron chi connectivity index (χ0n) is 11.1. The number of sulfone groups is 1. The largest absolute Gasteiger partial charge is 0.512 e. The molecule has 0 spiro atoms. The smallest absolute Gasteiger partial charge is 0.202 e. The van der Waals surface area contributed by atoms with Gasteiger partial charge >= 0.3 is 0 Å². The van der Waals surface area contributed by atoms with Crippen molar-refractivity contribution in [3.8, 4) is 0 Å². The molecule has 3 nitrogen and oxygen atoms in total. The average Bonchev–Trinajstić information content (AvgIpc) is 2.39. The van der Waals surface area contributed by atoms with Crippen molar-refractivity contribution in [1.29, 1.82) is 0 Å². The Morgan fingerprint density at radius 1 is 1.05 bits per heavy atom. The van der Waals surface area contributed by atoms with Crippen LogP contribution in [0.2, 0.25) is 0 Å². The van der Waals surface area contributed by atoms with E-state index < -0.39 is 9.84 Å². The van der Waals surface area contributed by atoms with Crippen LogP contribution >= 0.6 is 0 Å². The minimum Gasteiger partial charge on any atom is -0.512 e. The molecule has 0 amide bonds. The van der Waals surface area contributed by atoms with Crippen LogP contribution in [0, 0.1) is 0 Å². The van der Waals surface area contributed by atoms with Gasteiger partial charge in [0.2, 0.25) is 9.84 Å². The monoisotopic (exact) mass is 278 g/mol. The number of allylic oxidation sites excluding steroid dienone is 4. The third-order valence-corrected chi connectivity index (χ3v) is 5.21. The van der Waals surface area contributed by atoms with E-state index in [0.29, 0.717) is 28.6 Å². The van der Waals surface area contributed by atoms with Gasteiger partial charge in [0.05, 0.1) is 10.7 Å². The molecule has 0 aromatic heterocycles. The van der Waals surface area contributed by atoms with E-state index in [0.717, 1.165) is 5.56 Å². The summed E-state index contributed by atoms with van der Waals surface area (Å²) in [6.07, 6.45) is 3.69. The lowest BCUT2D eigenvalue weighted by Crippen LogP contribution is -2.07. The number of hydrogen-bond acceptors (Lipinski definition) is 3. The van der Waals surface area contributed by atoms with E-state index in [1.807, 2.05) is 12.1 Å². The first-order chi connectivity index (χ1) is 8.91. The van der Waals surface area contributed by atoms with Crippen molar-refractivity contribution in [3.05, 3.63) is 52.6 Å². The fraction of sp³-hybridized carbons (Fsp3) is 0.333. The van der Waals surface area contributed by atoms with Crippen LogP contribution in [0.5, 0.6) is 0 Å². The highest BCUT2D eigenvalue weighted by Crippen LogP contribution is 2.28. The summed E-state index contributed by atoms with van der Waals surface area (Å²) >= 11 is 0. The van der Waals surface area contributed by atoms with Gasteiger partial charge in [0.1, 0.15) is 0 Å². The fourth-order valence-electron chi connectivity index (χ4n) is 2.01. The Balaban J connectivity index is 2.35. The van der Waals surface area contributed by atoms with Gasteiger partial charge < -0.3 is 5.11 Å². The molecule has 0 saturated heterocycles. The van der Waals surface area contributed by atoms with Crippen molar-refractivity contribution in [1.82, 2.24) is 0 Å². The van der Waals surface area contributed by atoms with Crippen molar-refractivity contribution < 1.29 is 13.5 Å². The highest BCUT2D eigenvalue weighted by molar-refractivity contribution is 7.95. The number of aliphatic hydroxyl groups is 1. The molecule has 0 heterocycles. The zero-order chi connectivity index (χ0) is 14.0. The maximum Gasteiger partial charge on any atom is 0.202 e. The van der Waals surface area contributed by atoms with Gasteiger partial charge in [-0.25, -0.2) is 8.42 Å². The summed E-state index contributed by atoms with van der Waals surface area (Å²) in [6, 6.07) is 7.02. The molecule has 0 aliphatic heterocycles. The molecule has 102 valence electrons. The molecule has 0 atom stereocenters. The van der Waals surface area contributed by atoms with Crippen LogP contribution in [0.15, 0.2) is 52.0 Å². The third-order valence-electron chi connectivity index (χ3n) is 3.29. The standard InChI is InChI=1S/C15H18O3S/c1-11(2)12-3-7-14(8-4-12)19(17,18)15-9-5-13(16)6-10-15/h3-5,7-9,11,16H,6,10H2,1-2H3. The number of benzene rings is 1. The zero-order valence-corrected chi connectivity index (χ0v) is 11.9. The molecule has 4 heteroatoms. The minimum absolute atomic E-state index is 0.231. The molecule has 0 fully saturated rings. The molecule has 1 aromatic carbocycles. The minimum atomic E-state index is -3.42. The molecule has 0 radical (unpaired) electrons. The van der Waals surface area contributed by atoms with Gasteiger partial charge in [-0.1, -0.05) is 26.0 Å². The second kappa shape index (κ2) is 5.21. The van der Waals surface area contributed by atoms with Crippen molar-refractivity contribution in [2.45, 2.75) is 37.5 Å². The Kier molecular flexibility index (Phi) is 3.80. The Morgan fingerprint density at radius 3 is 2.16 bits per heavy atom. The Hall–Kier alpha value is -1.55. The normalized spacial score (nSPS) is 16.2. The van der Waals surface area contributed by atoms with Crippen molar-refractivity contribution in [3.63, 3.8) is 0 Å². The molecule has 1 aliphatic carbocycles. The summed E-state index contributed by atoms with van der Waals surface area (Å²) in [7, 11) is -3.42. The van der Waals surface area contributed by atoms with E-state index in [2.05, 4.69) is 13.8 Å². The molecule has 1 aromatic rings. The van der Waals surface area contributed by atoms with Crippen molar-refractivity contribution >= 4 is 9.84 Å². The van der Waals surface area contributed by atoms with Crippen molar-refractivity contribution in [2.24, 2.45) is 0 Å². The Bertz CT molecular complexity index is 620. The van der Waals surface area contributed by atoms with Crippen molar-refractivity contribution in [2.75, 3.05) is 0 Å². The van der Waals surface area contributed by atoms with E-state index in [9.17, 15) is 13.5 Å². The number of hydrogen-bond donors (Lipinski definition) is 1. The summed E-state index contributed by atoms with van der Waals surface area (Å²) in [5, 5.41) is 9.28. The first kappa shape index (κ1) is 13.9. The second-order valence-corrected chi connectivity index (χ2v) is 7.02. The number of aliphatic hydroxyl groups excluding tert-OH is 1. The highest BCUT2D eigenvalue weighted by Gasteiger charge is 2.22. The maximum absolute atomic E-state index is 12.4. The predicted octanol–water partition coefficient (Wildman–Crippen LogP) is 3.70. The van der Waals surface area contributed by atoms with Crippen LogP contribution in [-0.4, -0.2) is 13.5 Å². The van der Waals surface area contributed by atoms with E-state index in [-0.39, 0.29) is 5.76 Å². The van der Waals surface area contributed by atoms with Gasteiger partial charge in [-0.3, -0.25) is 0 Å². The Morgan fingerprint density at radius 2 is 1.68 bits per heavy atom. The van der Waals surface area contributed by atoms with Gasteiger partial charge in [-0.05, 0) is 42.2 Å². The maximum atomic E-state index is 12.4. The molecule has 2 rings (SSSR count). The summed E-state index contributed by atoms with van der Waals surface area (Å²) in [6.45, 7) is 4.14. The fourth-order valence-corrected chi connectivity index (χ4v) is 3.43. The predicted molar refractivity (Wildman–Crippen MR) is 75.7 cm³/mol.